The molecular formula is C13H20N2O4. The summed E-state index contributed by atoms with van der Waals surface area (Å²) in [4.78, 5) is 36.6. The number of carboxylic acids is 1. The number of nitrogens with zero attached hydrogens (tertiary/aromatic N) is 1. The van der Waals surface area contributed by atoms with Crippen LogP contribution < -0.4 is 5.32 Å². The van der Waals surface area contributed by atoms with E-state index in [0.29, 0.717) is 12.8 Å². The Morgan fingerprint density at radius 2 is 1.89 bits per heavy atom. The Morgan fingerprint density at radius 1 is 1.32 bits per heavy atom. The van der Waals surface area contributed by atoms with Crippen molar-refractivity contribution in [3.63, 3.8) is 0 Å². The fraction of sp³-hybridized carbons (Fsp3) is 0.769. The van der Waals surface area contributed by atoms with Crippen LogP contribution in [0.5, 0.6) is 0 Å². The fourth-order valence-corrected chi connectivity index (χ4v) is 2.78. The van der Waals surface area contributed by atoms with E-state index >= 15 is 0 Å². The minimum Gasteiger partial charge on any atom is -0.481 e. The van der Waals surface area contributed by atoms with E-state index in [1.165, 1.54) is 13.8 Å². The van der Waals surface area contributed by atoms with Crippen LogP contribution in [0.4, 0.5) is 4.79 Å². The Balaban J connectivity index is 2.17. The molecule has 6 nitrogen and oxygen atoms in total. The molecule has 1 aliphatic carbocycles. The summed E-state index contributed by atoms with van der Waals surface area (Å²) in [6.07, 6.45) is 4.22. The Hall–Kier alpha value is -1.59. The van der Waals surface area contributed by atoms with Crippen molar-refractivity contribution in [2.45, 2.75) is 51.5 Å². The topological polar surface area (TPSA) is 86.7 Å². The summed E-state index contributed by atoms with van der Waals surface area (Å²) in [5, 5.41) is 11.9. The van der Waals surface area contributed by atoms with Crippen molar-refractivity contribution in [3.8, 4) is 0 Å². The zero-order valence-corrected chi connectivity index (χ0v) is 11.4. The molecule has 0 bridgehead atoms. The average Bonchev–Trinajstić information content (AvgIpc) is 2.55. The lowest BCUT2D eigenvalue weighted by atomic mass is 9.81. The zero-order valence-electron chi connectivity index (χ0n) is 11.4. The van der Waals surface area contributed by atoms with Gasteiger partial charge in [-0.15, -0.1) is 0 Å². The molecule has 2 fully saturated rings. The van der Waals surface area contributed by atoms with Crippen LogP contribution in [-0.2, 0) is 9.59 Å². The first-order valence-corrected chi connectivity index (χ1v) is 6.66. The van der Waals surface area contributed by atoms with Gasteiger partial charge in [-0.3, -0.25) is 14.5 Å². The number of aliphatic carboxylic acids is 1. The Kier molecular flexibility index (Phi) is 3.28. The van der Waals surface area contributed by atoms with Crippen molar-refractivity contribution >= 4 is 17.9 Å². The second kappa shape index (κ2) is 4.51. The van der Waals surface area contributed by atoms with Crippen molar-refractivity contribution in [1.29, 1.82) is 0 Å². The van der Waals surface area contributed by atoms with Crippen LogP contribution in [0.1, 0.15) is 46.0 Å². The smallest absolute Gasteiger partial charge is 0.325 e. The summed E-state index contributed by atoms with van der Waals surface area (Å²) < 4.78 is 0. The highest BCUT2D eigenvalue weighted by Crippen LogP contribution is 2.34. The van der Waals surface area contributed by atoms with Gasteiger partial charge in [-0.2, -0.15) is 0 Å². The third-order valence-corrected chi connectivity index (χ3v) is 4.09. The van der Waals surface area contributed by atoms with Crippen LogP contribution in [0.25, 0.3) is 0 Å². The van der Waals surface area contributed by atoms with Crippen LogP contribution in [-0.4, -0.2) is 40.0 Å². The Labute approximate surface area is 112 Å². The van der Waals surface area contributed by atoms with Gasteiger partial charge in [0, 0.05) is 6.54 Å². The van der Waals surface area contributed by atoms with E-state index in [9.17, 15) is 14.4 Å². The van der Waals surface area contributed by atoms with E-state index in [4.69, 9.17) is 5.11 Å². The van der Waals surface area contributed by atoms with Crippen molar-refractivity contribution in [2.75, 3.05) is 6.54 Å². The molecule has 0 atom stereocenters. The largest absolute Gasteiger partial charge is 0.481 e. The summed E-state index contributed by atoms with van der Waals surface area (Å²) in [7, 11) is 0. The summed E-state index contributed by atoms with van der Waals surface area (Å²) >= 11 is 0. The predicted octanol–water partition coefficient (Wildman–Crippen LogP) is 1.35. The maximum Gasteiger partial charge on any atom is 0.325 e. The lowest BCUT2D eigenvalue weighted by molar-refractivity contribution is -0.148. The molecule has 3 amide bonds. The number of rotatable bonds is 3. The number of carbonyl (C=O) groups excluding carboxylic acids is 2. The SMILES string of the molecule is CC(C)(CN1C(=O)NC2(CCCCC2)C1=O)C(=O)O. The molecule has 2 N–H and O–H groups in total. The van der Waals surface area contributed by atoms with Gasteiger partial charge in [0.15, 0.2) is 0 Å². The number of hydrogen-bond acceptors (Lipinski definition) is 3. The summed E-state index contributed by atoms with van der Waals surface area (Å²) in [6, 6.07) is -0.457. The molecular weight excluding hydrogens is 248 g/mol. The predicted molar refractivity (Wildman–Crippen MR) is 67.5 cm³/mol. The summed E-state index contributed by atoms with van der Waals surface area (Å²) in [6.45, 7) is 2.94. The van der Waals surface area contributed by atoms with Crippen LogP contribution >= 0.6 is 0 Å². The monoisotopic (exact) mass is 268 g/mol. The number of carboxylic acid groups (broad SMARTS) is 1. The first kappa shape index (κ1) is 13.8. The molecule has 6 heteroatoms. The minimum atomic E-state index is -1.13. The molecule has 2 rings (SSSR count). The molecule has 2 aliphatic rings. The molecule has 0 aromatic heterocycles. The van der Waals surface area contributed by atoms with Gasteiger partial charge >= 0.3 is 12.0 Å². The van der Waals surface area contributed by atoms with Crippen molar-refractivity contribution < 1.29 is 19.5 Å². The highest BCUT2D eigenvalue weighted by Gasteiger charge is 2.52. The van der Waals surface area contributed by atoms with Crippen LogP contribution in [0, 0.1) is 5.41 Å². The lowest BCUT2D eigenvalue weighted by Crippen LogP contribution is -2.49. The molecule has 19 heavy (non-hydrogen) atoms. The van der Waals surface area contributed by atoms with Crippen LogP contribution in [0.15, 0.2) is 0 Å². The second-order valence-corrected chi connectivity index (χ2v) is 6.15. The van der Waals surface area contributed by atoms with Gasteiger partial charge in [0.25, 0.3) is 5.91 Å². The molecule has 0 aromatic rings. The normalized spacial score (nSPS) is 22.7. The molecule has 1 aliphatic heterocycles. The van der Waals surface area contributed by atoms with Crippen LogP contribution in [0.2, 0.25) is 0 Å². The lowest BCUT2D eigenvalue weighted by Gasteiger charge is -2.31. The van der Waals surface area contributed by atoms with E-state index in [1.807, 2.05) is 0 Å². The van der Waals surface area contributed by atoms with Crippen molar-refractivity contribution in [1.82, 2.24) is 10.2 Å². The molecule has 0 radical (unpaired) electrons. The van der Waals surface area contributed by atoms with E-state index in [0.717, 1.165) is 24.2 Å². The molecule has 1 heterocycles. The number of imide groups is 1. The number of carbonyl (C=O) groups is 3. The highest BCUT2D eigenvalue weighted by molar-refractivity contribution is 6.07. The van der Waals surface area contributed by atoms with Gasteiger partial charge < -0.3 is 10.4 Å². The van der Waals surface area contributed by atoms with Gasteiger partial charge in [0.2, 0.25) is 0 Å². The Morgan fingerprint density at radius 3 is 2.42 bits per heavy atom. The first-order chi connectivity index (χ1) is 8.78. The molecule has 0 aromatic carbocycles. The highest BCUT2D eigenvalue weighted by atomic mass is 16.4. The van der Waals surface area contributed by atoms with E-state index in [-0.39, 0.29) is 12.5 Å². The maximum absolute atomic E-state index is 12.4. The van der Waals surface area contributed by atoms with E-state index in [1.54, 1.807) is 0 Å². The molecule has 1 saturated heterocycles. The molecule has 106 valence electrons. The average molecular weight is 268 g/mol. The number of urea groups is 1. The maximum atomic E-state index is 12.4. The number of nitrogens with one attached hydrogen (secondary N) is 1. The van der Waals surface area contributed by atoms with E-state index in [2.05, 4.69) is 5.32 Å². The van der Waals surface area contributed by atoms with Crippen LogP contribution in [0.3, 0.4) is 0 Å². The summed E-state index contributed by atoms with van der Waals surface area (Å²) in [5.41, 5.74) is -1.91. The molecule has 0 unspecified atom stereocenters. The third kappa shape index (κ3) is 2.31. The van der Waals surface area contributed by atoms with Gasteiger partial charge in [-0.05, 0) is 26.7 Å². The fourth-order valence-electron chi connectivity index (χ4n) is 2.78. The molecule has 1 saturated carbocycles. The van der Waals surface area contributed by atoms with Gasteiger partial charge in [-0.1, -0.05) is 19.3 Å². The second-order valence-electron chi connectivity index (χ2n) is 6.15. The minimum absolute atomic E-state index is 0.0885. The van der Waals surface area contributed by atoms with Gasteiger partial charge in [0.1, 0.15) is 5.54 Å². The number of hydrogen-bond donors (Lipinski definition) is 2. The van der Waals surface area contributed by atoms with Gasteiger partial charge in [-0.25, -0.2) is 4.79 Å². The number of amides is 3. The zero-order chi connectivity index (χ0) is 14.3. The Bertz CT molecular complexity index is 424. The summed E-state index contributed by atoms with van der Waals surface area (Å²) in [5.74, 6) is -1.27. The quantitative estimate of drug-likeness (QED) is 0.756. The van der Waals surface area contributed by atoms with E-state index < -0.39 is 23.0 Å². The van der Waals surface area contributed by atoms with Crippen molar-refractivity contribution in [3.05, 3.63) is 0 Å². The van der Waals surface area contributed by atoms with Crippen molar-refractivity contribution in [2.24, 2.45) is 5.41 Å². The standard InChI is InChI=1S/C13H20N2O4/c1-12(2,10(17)18)8-15-9(16)13(14-11(15)19)6-4-3-5-7-13/h3-8H2,1-2H3,(H,14,19)(H,17,18). The third-order valence-electron chi connectivity index (χ3n) is 4.09. The van der Waals surface area contributed by atoms with Gasteiger partial charge in [0.05, 0.1) is 5.41 Å². The first-order valence-electron chi connectivity index (χ1n) is 6.66. The molecule has 1 spiro atoms.